The third-order valence-electron chi connectivity index (χ3n) is 4.03. The van der Waals surface area contributed by atoms with Crippen LogP contribution < -0.4 is 11.1 Å². The maximum absolute atomic E-state index is 12.4. The highest BCUT2D eigenvalue weighted by Crippen LogP contribution is 2.35. The molecule has 1 amide bonds. The molecule has 1 aromatic carbocycles. The van der Waals surface area contributed by atoms with Crippen LogP contribution in [0.2, 0.25) is 0 Å². The Bertz CT molecular complexity index is 476. The van der Waals surface area contributed by atoms with Gasteiger partial charge in [-0.2, -0.15) is 0 Å². The molecule has 0 atom stereocenters. The molecule has 0 unspecified atom stereocenters. The van der Waals surface area contributed by atoms with Crippen LogP contribution in [0.3, 0.4) is 0 Å². The molecule has 102 valence electrons. The number of hydrogen-bond donors (Lipinski definition) is 2. The van der Waals surface area contributed by atoms with E-state index in [4.69, 9.17) is 5.73 Å². The maximum atomic E-state index is 12.4. The molecule has 19 heavy (non-hydrogen) atoms. The van der Waals surface area contributed by atoms with Crippen LogP contribution >= 0.6 is 0 Å². The van der Waals surface area contributed by atoms with Gasteiger partial charge in [-0.15, -0.1) is 0 Å². The molecule has 1 aliphatic heterocycles. The smallest absolute Gasteiger partial charge is 0.253 e. The summed E-state index contributed by atoms with van der Waals surface area (Å²) >= 11 is 0. The van der Waals surface area contributed by atoms with Crippen molar-refractivity contribution in [1.29, 1.82) is 0 Å². The first kappa shape index (κ1) is 12.6. The van der Waals surface area contributed by atoms with E-state index in [1.165, 1.54) is 5.56 Å². The first-order valence-electron chi connectivity index (χ1n) is 7.04. The van der Waals surface area contributed by atoms with E-state index in [0.29, 0.717) is 0 Å². The summed E-state index contributed by atoms with van der Waals surface area (Å²) in [7, 11) is 0. The fourth-order valence-corrected chi connectivity index (χ4v) is 2.61. The molecule has 1 aliphatic carbocycles. The second kappa shape index (κ2) is 4.94. The molecular formula is C15H21N3O. The van der Waals surface area contributed by atoms with Gasteiger partial charge in [0, 0.05) is 37.3 Å². The van der Waals surface area contributed by atoms with Crippen LogP contribution in [-0.2, 0) is 6.42 Å². The van der Waals surface area contributed by atoms with E-state index in [9.17, 15) is 4.79 Å². The quantitative estimate of drug-likeness (QED) is 0.843. The number of nitrogens with two attached hydrogens (primary N) is 1. The van der Waals surface area contributed by atoms with Gasteiger partial charge in [-0.25, -0.2) is 0 Å². The van der Waals surface area contributed by atoms with Gasteiger partial charge in [0.1, 0.15) is 0 Å². The molecular weight excluding hydrogens is 238 g/mol. The molecule has 2 aliphatic rings. The van der Waals surface area contributed by atoms with Gasteiger partial charge in [0.25, 0.3) is 5.91 Å². The maximum Gasteiger partial charge on any atom is 0.253 e. The van der Waals surface area contributed by atoms with Crippen LogP contribution in [-0.4, -0.2) is 42.5 Å². The van der Waals surface area contributed by atoms with Crippen LogP contribution in [0, 0.1) is 0 Å². The summed E-state index contributed by atoms with van der Waals surface area (Å²) in [6.45, 7) is 3.36. The minimum absolute atomic E-state index is 0.00326. The first-order chi connectivity index (χ1) is 9.16. The lowest BCUT2D eigenvalue weighted by molar-refractivity contribution is 0.0735. The largest absolute Gasteiger partial charge is 0.336 e. The lowest BCUT2D eigenvalue weighted by Gasteiger charge is -2.27. The molecule has 0 spiro atoms. The molecule has 0 radical (unpaired) electrons. The summed E-state index contributed by atoms with van der Waals surface area (Å²) < 4.78 is 0. The van der Waals surface area contributed by atoms with Crippen molar-refractivity contribution in [2.45, 2.75) is 24.8 Å². The average molecular weight is 259 g/mol. The highest BCUT2D eigenvalue weighted by Gasteiger charge is 2.38. The van der Waals surface area contributed by atoms with E-state index in [0.717, 1.165) is 51.0 Å². The number of hydrogen-bond acceptors (Lipinski definition) is 3. The zero-order valence-electron chi connectivity index (χ0n) is 11.2. The SMILES string of the molecule is NC1(Cc2cccc(C(=O)N3CCNCC3)c2)CC1. The number of carbonyl (C=O) groups excluding carboxylic acids is 1. The second-order valence-electron chi connectivity index (χ2n) is 5.78. The van der Waals surface area contributed by atoms with Crippen molar-refractivity contribution >= 4 is 5.91 Å². The Morgan fingerprint density at radius 2 is 2.05 bits per heavy atom. The summed E-state index contributed by atoms with van der Waals surface area (Å²) in [5.74, 6) is 0.144. The predicted molar refractivity (Wildman–Crippen MR) is 75.1 cm³/mol. The second-order valence-corrected chi connectivity index (χ2v) is 5.78. The number of nitrogens with one attached hydrogen (secondary N) is 1. The highest BCUT2D eigenvalue weighted by atomic mass is 16.2. The van der Waals surface area contributed by atoms with Crippen molar-refractivity contribution in [2.75, 3.05) is 26.2 Å². The minimum atomic E-state index is -0.00326. The van der Waals surface area contributed by atoms with Gasteiger partial charge in [-0.1, -0.05) is 12.1 Å². The Kier molecular flexibility index (Phi) is 3.29. The van der Waals surface area contributed by atoms with Crippen LogP contribution in [0.1, 0.15) is 28.8 Å². The topological polar surface area (TPSA) is 58.4 Å². The van der Waals surface area contributed by atoms with Gasteiger partial charge < -0.3 is 16.0 Å². The predicted octanol–water partition coefficient (Wildman–Crippen LogP) is 0.766. The number of piperazine rings is 1. The van der Waals surface area contributed by atoms with Crippen molar-refractivity contribution in [1.82, 2.24) is 10.2 Å². The number of carbonyl (C=O) groups is 1. The summed E-state index contributed by atoms with van der Waals surface area (Å²) in [4.78, 5) is 14.3. The van der Waals surface area contributed by atoms with E-state index in [1.54, 1.807) is 0 Å². The lowest BCUT2D eigenvalue weighted by atomic mass is 10.0. The number of rotatable bonds is 3. The van der Waals surface area contributed by atoms with Crippen LogP contribution in [0.25, 0.3) is 0 Å². The van der Waals surface area contributed by atoms with Crippen LogP contribution in [0.5, 0.6) is 0 Å². The van der Waals surface area contributed by atoms with Gasteiger partial charge in [0.05, 0.1) is 0 Å². The molecule has 4 heteroatoms. The van der Waals surface area contributed by atoms with Gasteiger partial charge in [0.2, 0.25) is 0 Å². The zero-order chi connectivity index (χ0) is 13.3. The number of benzene rings is 1. The Hall–Kier alpha value is -1.39. The third-order valence-corrected chi connectivity index (χ3v) is 4.03. The Morgan fingerprint density at radius 3 is 2.74 bits per heavy atom. The molecule has 1 heterocycles. The van der Waals surface area contributed by atoms with Crippen molar-refractivity contribution in [2.24, 2.45) is 5.73 Å². The molecule has 0 aromatic heterocycles. The molecule has 0 bridgehead atoms. The summed E-state index contributed by atoms with van der Waals surface area (Å²) in [6.07, 6.45) is 3.08. The van der Waals surface area contributed by atoms with E-state index in [2.05, 4.69) is 11.4 Å². The van der Waals surface area contributed by atoms with E-state index < -0.39 is 0 Å². The van der Waals surface area contributed by atoms with Crippen molar-refractivity contribution in [3.8, 4) is 0 Å². The van der Waals surface area contributed by atoms with E-state index in [1.807, 2.05) is 23.1 Å². The third kappa shape index (κ3) is 2.96. The molecule has 4 nitrogen and oxygen atoms in total. The standard InChI is InChI=1S/C15H21N3O/c16-15(4-5-15)11-12-2-1-3-13(10-12)14(19)18-8-6-17-7-9-18/h1-3,10,17H,4-9,11,16H2. The minimum Gasteiger partial charge on any atom is -0.336 e. The van der Waals surface area contributed by atoms with Crippen molar-refractivity contribution in [3.05, 3.63) is 35.4 Å². The van der Waals surface area contributed by atoms with Gasteiger partial charge in [-0.3, -0.25) is 4.79 Å². The van der Waals surface area contributed by atoms with Crippen LogP contribution in [0.4, 0.5) is 0 Å². The monoisotopic (exact) mass is 259 g/mol. The van der Waals surface area contributed by atoms with Crippen molar-refractivity contribution in [3.63, 3.8) is 0 Å². The van der Waals surface area contributed by atoms with Gasteiger partial charge in [0.15, 0.2) is 0 Å². The lowest BCUT2D eigenvalue weighted by Crippen LogP contribution is -2.46. The fraction of sp³-hybridized carbons (Fsp3) is 0.533. The Morgan fingerprint density at radius 1 is 1.32 bits per heavy atom. The number of amides is 1. The van der Waals surface area contributed by atoms with Gasteiger partial charge >= 0.3 is 0 Å². The molecule has 3 rings (SSSR count). The normalized spacial score (nSPS) is 21.2. The summed E-state index contributed by atoms with van der Waals surface area (Å²) in [5, 5.41) is 3.26. The van der Waals surface area contributed by atoms with Gasteiger partial charge in [-0.05, 0) is 37.0 Å². The Balaban J connectivity index is 1.72. The van der Waals surface area contributed by atoms with E-state index in [-0.39, 0.29) is 11.4 Å². The fourth-order valence-electron chi connectivity index (χ4n) is 2.61. The summed E-state index contributed by atoms with van der Waals surface area (Å²) in [5.41, 5.74) is 8.12. The zero-order valence-corrected chi connectivity index (χ0v) is 11.2. The Labute approximate surface area is 114 Å². The van der Waals surface area contributed by atoms with E-state index >= 15 is 0 Å². The molecule has 1 saturated carbocycles. The average Bonchev–Trinajstić information content (AvgIpc) is 3.16. The molecule has 1 saturated heterocycles. The molecule has 3 N–H and O–H groups in total. The van der Waals surface area contributed by atoms with Crippen LogP contribution in [0.15, 0.2) is 24.3 Å². The highest BCUT2D eigenvalue weighted by molar-refractivity contribution is 5.94. The molecule has 2 fully saturated rings. The summed E-state index contributed by atoms with van der Waals surface area (Å²) in [6, 6.07) is 7.96. The number of nitrogens with zero attached hydrogens (tertiary/aromatic N) is 1. The molecule has 1 aromatic rings. The van der Waals surface area contributed by atoms with Crippen molar-refractivity contribution < 1.29 is 4.79 Å². The first-order valence-corrected chi connectivity index (χ1v) is 7.04.